The smallest absolute Gasteiger partial charge is 0.241 e. The van der Waals surface area contributed by atoms with Gasteiger partial charge >= 0.3 is 0 Å². The van der Waals surface area contributed by atoms with Gasteiger partial charge in [0.05, 0.1) is 29.1 Å². The Balaban J connectivity index is 0.00000361. The molecule has 11 rings (SSSR count). The van der Waals surface area contributed by atoms with Gasteiger partial charge in [-0.2, -0.15) is 18.2 Å². The van der Waals surface area contributed by atoms with E-state index in [1.165, 1.54) is 27.1 Å². The Hall–Kier alpha value is -6.43. The largest absolute Gasteiger partial charge is 0.510 e. The van der Waals surface area contributed by atoms with Gasteiger partial charge in [-0.1, -0.05) is 77.3 Å². The summed E-state index contributed by atoms with van der Waals surface area (Å²) in [4.78, 5) is 4.95. The van der Waals surface area contributed by atoms with Crippen LogP contribution in [0, 0.1) is 18.5 Å². The van der Waals surface area contributed by atoms with E-state index >= 15 is 0 Å². The third kappa shape index (κ3) is 4.65. The van der Waals surface area contributed by atoms with Gasteiger partial charge in [0.2, 0.25) is 6.33 Å². The standard InChI is InChI=1S/C46H30N6O.Pt/c1-48-25-26-50(29-48)31-15-12-16-32(27-31)53-33-22-23-36-39(28-33)52(40-21-10-11-24-47-40)46-43(36)44-41(42-34-17-6-8-19-37(34)49(2)45(42)46)35-18-7-9-20-38(35)51(44)30-13-4-3-5-14-30;/h3-26H,1-2H3;/q-2;. The average molecular weight is 878 g/mol. The molecule has 0 radical (unpaired) electrons. The summed E-state index contributed by atoms with van der Waals surface area (Å²) < 4.78 is 17.3. The Morgan fingerprint density at radius 1 is 0.593 bits per heavy atom. The Morgan fingerprint density at radius 3 is 2.09 bits per heavy atom. The second-order valence-electron chi connectivity index (χ2n) is 13.4. The fraction of sp³-hybridized carbons (Fsp3) is 0.0435. The number of benzene rings is 6. The van der Waals surface area contributed by atoms with Crippen molar-refractivity contribution in [3.63, 3.8) is 0 Å². The van der Waals surface area contributed by atoms with Crippen molar-refractivity contribution in [2.75, 3.05) is 0 Å². The Labute approximate surface area is 324 Å². The van der Waals surface area contributed by atoms with Crippen LogP contribution in [0.1, 0.15) is 0 Å². The molecular weight excluding hydrogens is 848 g/mol. The molecule has 0 N–H and O–H groups in total. The zero-order valence-corrected chi connectivity index (χ0v) is 31.5. The molecule has 0 saturated heterocycles. The normalized spacial score (nSPS) is 11.7. The van der Waals surface area contributed by atoms with Crippen molar-refractivity contribution in [3.05, 3.63) is 164 Å². The number of hydrogen-bond donors (Lipinski definition) is 0. The van der Waals surface area contributed by atoms with Gasteiger partial charge in [0, 0.05) is 91.0 Å². The van der Waals surface area contributed by atoms with Gasteiger partial charge in [-0.25, -0.2) is 4.98 Å². The summed E-state index contributed by atoms with van der Waals surface area (Å²) >= 11 is 0. The van der Waals surface area contributed by atoms with Gasteiger partial charge in [0.1, 0.15) is 5.82 Å². The summed E-state index contributed by atoms with van der Waals surface area (Å²) in [5, 5.41) is 7.05. The van der Waals surface area contributed by atoms with Gasteiger partial charge in [0.25, 0.3) is 0 Å². The Kier molecular flexibility index (Phi) is 7.36. The maximum absolute atomic E-state index is 6.54. The first-order valence-corrected chi connectivity index (χ1v) is 17.6. The number of aromatic nitrogens is 6. The summed E-state index contributed by atoms with van der Waals surface area (Å²) in [6, 6.07) is 51.4. The maximum atomic E-state index is 6.54. The van der Waals surface area contributed by atoms with Crippen LogP contribution in [-0.2, 0) is 35.2 Å². The Morgan fingerprint density at radius 2 is 1.31 bits per heavy atom. The molecule has 0 amide bonds. The molecule has 0 saturated carbocycles. The van der Waals surface area contributed by atoms with Crippen molar-refractivity contribution in [1.82, 2.24) is 23.3 Å². The molecule has 0 bridgehead atoms. The minimum absolute atomic E-state index is 0. The first kappa shape index (κ1) is 32.2. The predicted molar refractivity (Wildman–Crippen MR) is 210 cm³/mol. The number of fused-ring (bicyclic) bond motifs is 12. The average Bonchev–Trinajstić information content (AvgIpc) is 3.95. The third-order valence-electron chi connectivity index (χ3n) is 10.4. The van der Waals surface area contributed by atoms with Crippen LogP contribution in [0.25, 0.3) is 82.6 Å². The molecule has 11 aromatic rings. The van der Waals surface area contributed by atoms with E-state index in [2.05, 4.69) is 130 Å². The zero-order chi connectivity index (χ0) is 35.2. The molecular formula is C46H30N6OPt-2. The van der Waals surface area contributed by atoms with E-state index in [0.717, 1.165) is 55.5 Å². The predicted octanol–water partition coefficient (Wildman–Crippen LogP) is 9.73. The van der Waals surface area contributed by atoms with Crippen LogP contribution in [0.2, 0.25) is 0 Å². The van der Waals surface area contributed by atoms with Crippen LogP contribution in [-0.4, -0.2) is 23.3 Å². The second-order valence-corrected chi connectivity index (χ2v) is 13.4. The van der Waals surface area contributed by atoms with Crippen molar-refractivity contribution >= 4 is 65.4 Å². The van der Waals surface area contributed by atoms with Gasteiger partial charge in [-0.15, -0.1) is 24.3 Å². The molecule has 0 aliphatic heterocycles. The first-order valence-electron chi connectivity index (χ1n) is 17.6. The van der Waals surface area contributed by atoms with E-state index in [4.69, 9.17) is 9.72 Å². The van der Waals surface area contributed by atoms with Crippen LogP contribution in [0.15, 0.2) is 146 Å². The van der Waals surface area contributed by atoms with E-state index in [9.17, 15) is 0 Å². The summed E-state index contributed by atoms with van der Waals surface area (Å²) in [5.74, 6) is 1.98. The summed E-state index contributed by atoms with van der Waals surface area (Å²) in [6.45, 7) is 0. The van der Waals surface area contributed by atoms with Crippen LogP contribution >= 0.6 is 0 Å². The molecule has 0 aliphatic rings. The van der Waals surface area contributed by atoms with Gasteiger partial charge in [0.15, 0.2) is 0 Å². The Bertz CT molecular complexity index is 3230. The fourth-order valence-corrected chi connectivity index (χ4v) is 8.22. The molecule has 8 heteroatoms. The van der Waals surface area contributed by atoms with Crippen molar-refractivity contribution in [1.29, 1.82) is 0 Å². The monoisotopic (exact) mass is 877 g/mol. The number of aryl methyl sites for hydroxylation is 2. The van der Waals surface area contributed by atoms with Crippen LogP contribution in [0.5, 0.6) is 11.5 Å². The van der Waals surface area contributed by atoms with Gasteiger partial charge in [-0.3, -0.25) is 0 Å². The quantitative estimate of drug-likeness (QED) is 0.128. The molecule has 262 valence electrons. The molecule has 6 aromatic carbocycles. The minimum Gasteiger partial charge on any atom is -0.510 e. The van der Waals surface area contributed by atoms with E-state index in [0.29, 0.717) is 11.5 Å². The van der Waals surface area contributed by atoms with Gasteiger partial charge in [-0.05, 0) is 41.8 Å². The number of nitrogens with zero attached hydrogens (tertiary/aromatic N) is 6. The molecule has 0 atom stereocenters. The van der Waals surface area contributed by atoms with Crippen molar-refractivity contribution < 1.29 is 30.4 Å². The number of hydrogen-bond acceptors (Lipinski definition) is 2. The zero-order valence-electron chi connectivity index (χ0n) is 29.3. The van der Waals surface area contributed by atoms with E-state index in [1.807, 2.05) is 71.2 Å². The molecule has 0 spiro atoms. The summed E-state index contributed by atoms with van der Waals surface area (Å²) in [6.07, 6.45) is 8.98. The SMILES string of the molecule is Cn1[c-][n+](-c2[c-]c(Oc3[c-]c4c(cc3)c3c(c5c(c6ccccc6n5C)c5c6ccccc6n(-c6ccccc6)c53)n4-c3ccccn3)ccc2)cc1.[Pt]. The molecule has 5 aromatic heterocycles. The molecule has 7 nitrogen and oxygen atoms in total. The first-order chi connectivity index (χ1) is 26.1. The van der Waals surface area contributed by atoms with Crippen LogP contribution in [0.3, 0.4) is 0 Å². The number of para-hydroxylation sites is 3. The molecule has 0 fully saturated rings. The maximum Gasteiger partial charge on any atom is 0.241 e. The molecule has 5 heterocycles. The number of ether oxygens (including phenoxy) is 1. The molecule has 54 heavy (non-hydrogen) atoms. The number of imidazole rings is 1. The van der Waals surface area contributed by atoms with E-state index < -0.39 is 0 Å². The third-order valence-corrected chi connectivity index (χ3v) is 10.4. The topological polar surface area (TPSA) is 45.7 Å². The van der Waals surface area contributed by atoms with Crippen molar-refractivity contribution in [2.24, 2.45) is 14.1 Å². The van der Waals surface area contributed by atoms with Crippen LogP contribution < -0.4 is 9.30 Å². The van der Waals surface area contributed by atoms with Crippen LogP contribution in [0.4, 0.5) is 0 Å². The second kappa shape index (κ2) is 12.3. The van der Waals surface area contributed by atoms with Gasteiger partial charge < -0.3 is 27.6 Å². The van der Waals surface area contributed by atoms with Crippen molar-refractivity contribution in [3.8, 4) is 28.7 Å². The summed E-state index contributed by atoms with van der Waals surface area (Å²) in [5.41, 5.74) is 8.49. The number of pyridine rings is 1. The molecule has 0 aliphatic carbocycles. The van der Waals surface area contributed by atoms with Crippen molar-refractivity contribution in [2.45, 2.75) is 0 Å². The fourth-order valence-electron chi connectivity index (χ4n) is 8.22. The van der Waals surface area contributed by atoms with E-state index in [-0.39, 0.29) is 21.1 Å². The number of rotatable bonds is 5. The molecule has 0 unspecified atom stereocenters. The van der Waals surface area contributed by atoms with E-state index in [1.54, 1.807) is 0 Å². The summed E-state index contributed by atoms with van der Waals surface area (Å²) in [7, 11) is 4.12. The minimum atomic E-state index is 0.